The maximum Gasteiger partial charge on any atom is 0.224 e. The highest BCUT2D eigenvalue weighted by molar-refractivity contribution is 5.76. The van der Waals surface area contributed by atoms with Gasteiger partial charge >= 0.3 is 0 Å². The Morgan fingerprint density at radius 1 is 1.47 bits per heavy atom. The number of nitrogens with two attached hydrogens (primary N) is 1. The highest BCUT2D eigenvalue weighted by Gasteiger charge is 2.16. The summed E-state index contributed by atoms with van der Waals surface area (Å²) in [6, 6.07) is 0.107. The molecule has 0 aromatic rings. The van der Waals surface area contributed by atoms with Crippen LogP contribution in [0.25, 0.3) is 0 Å². The van der Waals surface area contributed by atoms with Gasteiger partial charge in [-0.2, -0.15) is 0 Å². The summed E-state index contributed by atoms with van der Waals surface area (Å²) in [6.45, 7) is 7.03. The zero-order valence-electron chi connectivity index (χ0n) is 12.5. The summed E-state index contributed by atoms with van der Waals surface area (Å²) in [5.41, 5.74) is 7.30. The number of carbonyl (C=O) groups is 1. The van der Waals surface area contributed by atoms with Crippen molar-refractivity contribution in [2.24, 2.45) is 5.73 Å². The molecule has 0 bridgehead atoms. The van der Waals surface area contributed by atoms with Crippen LogP contribution in [0.3, 0.4) is 0 Å². The fourth-order valence-electron chi connectivity index (χ4n) is 2.56. The fourth-order valence-corrected chi connectivity index (χ4v) is 2.56. The largest absolute Gasteiger partial charge is 0.343 e. The molecule has 4 heteroatoms. The van der Waals surface area contributed by atoms with Crippen molar-refractivity contribution < 1.29 is 4.79 Å². The lowest BCUT2D eigenvalue weighted by atomic mass is 10.1. The Morgan fingerprint density at radius 2 is 2.21 bits per heavy atom. The van der Waals surface area contributed by atoms with Crippen molar-refractivity contribution >= 4 is 5.91 Å². The number of nitrogens with zero attached hydrogens (tertiary/aromatic N) is 1. The SMILES string of the molecule is CCN(CC)C(=O)CC(CN)NCCC1=CCCC1. The van der Waals surface area contributed by atoms with Crippen molar-refractivity contribution in [3.8, 4) is 0 Å². The van der Waals surface area contributed by atoms with E-state index < -0.39 is 0 Å². The van der Waals surface area contributed by atoms with E-state index in [4.69, 9.17) is 5.73 Å². The molecule has 110 valence electrons. The van der Waals surface area contributed by atoms with E-state index in [0.29, 0.717) is 13.0 Å². The molecule has 1 rings (SSSR count). The van der Waals surface area contributed by atoms with Gasteiger partial charge in [-0.15, -0.1) is 0 Å². The van der Waals surface area contributed by atoms with E-state index in [2.05, 4.69) is 11.4 Å². The Bertz CT molecular complexity index is 298. The molecule has 0 heterocycles. The third kappa shape index (κ3) is 5.74. The van der Waals surface area contributed by atoms with E-state index in [0.717, 1.165) is 26.1 Å². The molecular formula is C15H29N3O. The second-order valence-corrected chi connectivity index (χ2v) is 5.16. The van der Waals surface area contributed by atoms with Crippen LogP contribution in [-0.4, -0.2) is 43.0 Å². The topological polar surface area (TPSA) is 58.4 Å². The zero-order chi connectivity index (χ0) is 14.1. The maximum atomic E-state index is 12.0. The summed E-state index contributed by atoms with van der Waals surface area (Å²) in [7, 11) is 0. The Balaban J connectivity index is 2.26. The molecule has 0 aromatic heterocycles. The molecule has 0 aliphatic heterocycles. The molecule has 0 aromatic carbocycles. The van der Waals surface area contributed by atoms with Crippen LogP contribution in [0, 0.1) is 0 Å². The van der Waals surface area contributed by atoms with Crippen molar-refractivity contribution in [3.63, 3.8) is 0 Å². The molecular weight excluding hydrogens is 238 g/mol. The van der Waals surface area contributed by atoms with Crippen LogP contribution in [0.4, 0.5) is 0 Å². The summed E-state index contributed by atoms with van der Waals surface area (Å²) in [5.74, 6) is 0.202. The molecule has 1 amide bonds. The van der Waals surface area contributed by atoms with E-state index in [1.165, 1.54) is 19.3 Å². The fraction of sp³-hybridized carbons (Fsp3) is 0.800. The first-order valence-electron chi connectivity index (χ1n) is 7.60. The molecule has 1 atom stereocenters. The van der Waals surface area contributed by atoms with Gasteiger partial charge in [0.15, 0.2) is 0 Å². The second kappa shape index (κ2) is 9.10. The van der Waals surface area contributed by atoms with Crippen LogP contribution < -0.4 is 11.1 Å². The highest BCUT2D eigenvalue weighted by atomic mass is 16.2. The van der Waals surface area contributed by atoms with Crippen molar-refractivity contribution in [1.82, 2.24) is 10.2 Å². The minimum atomic E-state index is 0.107. The lowest BCUT2D eigenvalue weighted by Crippen LogP contribution is -2.42. The van der Waals surface area contributed by atoms with Gasteiger partial charge in [-0.25, -0.2) is 0 Å². The number of allylic oxidation sites excluding steroid dienone is 1. The van der Waals surface area contributed by atoms with Gasteiger partial charge in [0.25, 0.3) is 0 Å². The van der Waals surface area contributed by atoms with Gasteiger partial charge in [0.05, 0.1) is 0 Å². The number of nitrogens with one attached hydrogen (secondary N) is 1. The van der Waals surface area contributed by atoms with Crippen molar-refractivity contribution in [2.75, 3.05) is 26.2 Å². The van der Waals surface area contributed by atoms with Crippen LogP contribution in [0.5, 0.6) is 0 Å². The first kappa shape index (κ1) is 16.2. The number of rotatable bonds is 9. The second-order valence-electron chi connectivity index (χ2n) is 5.16. The third-order valence-electron chi connectivity index (χ3n) is 3.84. The molecule has 19 heavy (non-hydrogen) atoms. The molecule has 1 aliphatic carbocycles. The van der Waals surface area contributed by atoms with Gasteiger partial charge in [-0.3, -0.25) is 4.79 Å². The molecule has 0 radical (unpaired) electrons. The Labute approximate surface area is 117 Å². The zero-order valence-corrected chi connectivity index (χ0v) is 12.5. The van der Waals surface area contributed by atoms with Gasteiger partial charge in [0, 0.05) is 32.1 Å². The maximum absolute atomic E-state index is 12.0. The minimum Gasteiger partial charge on any atom is -0.343 e. The summed E-state index contributed by atoms with van der Waals surface area (Å²) in [5, 5.41) is 3.42. The number of amides is 1. The summed E-state index contributed by atoms with van der Waals surface area (Å²) in [4.78, 5) is 13.9. The number of carbonyl (C=O) groups excluding carboxylic acids is 1. The average molecular weight is 267 g/mol. The van der Waals surface area contributed by atoms with E-state index >= 15 is 0 Å². The Kier molecular flexibility index (Phi) is 7.75. The first-order valence-corrected chi connectivity index (χ1v) is 7.60. The summed E-state index contributed by atoms with van der Waals surface area (Å²) >= 11 is 0. The molecule has 4 nitrogen and oxygen atoms in total. The summed E-state index contributed by atoms with van der Waals surface area (Å²) in [6.07, 6.45) is 7.73. The molecule has 1 aliphatic rings. The van der Waals surface area contributed by atoms with Crippen LogP contribution >= 0.6 is 0 Å². The lowest BCUT2D eigenvalue weighted by Gasteiger charge is -2.23. The van der Waals surface area contributed by atoms with E-state index in [9.17, 15) is 4.79 Å². The van der Waals surface area contributed by atoms with Crippen molar-refractivity contribution in [1.29, 1.82) is 0 Å². The normalized spacial score (nSPS) is 16.3. The van der Waals surface area contributed by atoms with Gasteiger partial charge in [-0.1, -0.05) is 11.6 Å². The lowest BCUT2D eigenvalue weighted by molar-refractivity contribution is -0.131. The molecule has 0 fully saturated rings. The van der Waals surface area contributed by atoms with Crippen LogP contribution in [0.1, 0.15) is 46.0 Å². The van der Waals surface area contributed by atoms with Crippen LogP contribution in [-0.2, 0) is 4.79 Å². The third-order valence-corrected chi connectivity index (χ3v) is 3.84. The molecule has 1 unspecified atom stereocenters. The van der Waals surface area contributed by atoms with E-state index in [1.807, 2.05) is 18.7 Å². The monoisotopic (exact) mass is 267 g/mol. The van der Waals surface area contributed by atoms with E-state index in [1.54, 1.807) is 5.57 Å². The predicted molar refractivity (Wildman–Crippen MR) is 79.9 cm³/mol. The molecule has 0 spiro atoms. The average Bonchev–Trinajstić information content (AvgIpc) is 2.92. The first-order chi connectivity index (χ1) is 9.21. The highest BCUT2D eigenvalue weighted by Crippen LogP contribution is 2.19. The predicted octanol–water partition coefficient (Wildman–Crippen LogP) is 1.66. The van der Waals surface area contributed by atoms with Crippen LogP contribution in [0.15, 0.2) is 11.6 Å². The molecule has 0 saturated carbocycles. The standard InChI is InChI=1S/C15H29N3O/c1-3-18(4-2)15(19)11-14(12-16)17-10-9-13-7-5-6-8-13/h7,14,17H,3-6,8-12,16H2,1-2H3. The molecule has 3 N–H and O–H groups in total. The molecule has 0 saturated heterocycles. The number of hydrogen-bond acceptors (Lipinski definition) is 3. The smallest absolute Gasteiger partial charge is 0.224 e. The quantitative estimate of drug-likeness (QED) is 0.625. The van der Waals surface area contributed by atoms with Gasteiger partial charge < -0.3 is 16.0 Å². The van der Waals surface area contributed by atoms with E-state index in [-0.39, 0.29) is 11.9 Å². The summed E-state index contributed by atoms with van der Waals surface area (Å²) < 4.78 is 0. The Hall–Kier alpha value is -0.870. The number of hydrogen-bond donors (Lipinski definition) is 2. The Morgan fingerprint density at radius 3 is 2.74 bits per heavy atom. The van der Waals surface area contributed by atoms with Crippen molar-refractivity contribution in [2.45, 2.75) is 52.0 Å². The van der Waals surface area contributed by atoms with Crippen LogP contribution in [0.2, 0.25) is 0 Å². The van der Waals surface area contributed by atoms with Gasteiger partial charge in [0.1, 0.15) is 0 Å². The van der Waals surface area contributed by atoms with Crippen molar-refractivity contribution in [3.05, 3.63) is 11.6 Å². The minimum absolute atomic E-state index is 0.107. The van der Waals surface area contributed by atoms with Gasteiger partial charge in [0.2, 0.25) is 5.91 Å². The van der Waals surface area contributed by atoms with Gasteiger partial charge in [-0.05, 0) is 46.1 Å².